The zero-order valence-corrected chi connectivity index (χ0v) is 9.28. The third kappa shape index (κ3) is 4.89. The minimum atomic E-state index is 0.322. The Bertz CT molecular complexity index is 126. The molecule has 0 spiro atoms. The van der Waals surface area contributed by atoms with E-state index in [0.717, 1.165) is 19.0 Å². The molecule has 1 aliphatic rings. The van der Waals surface area contributed by atoms with Gasteiger partial charge in [0.25, 0.3) is 0 Å². The van der Waals surface area contributed by atoms with E-state index in [-0.39, 0.29) is 0 Å². The van der Waals surface area contributed by atoms with E-state index in [4.69, 9.17) is 5.11 Å². The summed E-state index contributed by atoms with van der Waals surface area (Å²) in [6.07, 6.45) is 3.61. The normalized spacial score (nSPS) is 25.8. The van der Waals surface area contributed by atoms with Crippen LogP contribution in [0, 0.1) is 5.92 Å². The third-order valence-corrected chi connectivity index (χ3v) is 3.75. The van der Waals surface area contributed by atoms with Gasteiger partial charge >= 0.3 is 0 Å². The lowest BCUT2D eigenvalue weighted by Gasteiger charge is -2.24. The van der Waals surface area contributed by atoms with Gasteiger partial charge in [0.05, 0.1) is 0 Å². The number of rotatable bonds is 5. The van der Waals surface area contributed by atoms with Gasteiger partial charge in [-0.3, -0.25) is 0 Å². The quantitative estimate of drug-likeness (QED) is 0.710. The number of nitrogens with one attached hydrogen (secondary N) is 1. The first-order chi connectivity index (χ1) is 6.33. The van der Waals surface area contributed by atoms with Gasteiger partial charge < -0.3 is 10.4 Å². The highest BCUT2D eigenvalue weighted by Crippen LogP contribution is 2.17. The summed E-state index contributed by atoms with van der Waals surface area (Å²) in [4.78, 5) is 0. The standard InChI is InChI=1S/C10H21NOS/c1-9(4-5-12)7-11-10-3-2-6-13-8-10/h9-12H,2-8H2,1H3. The van der Waals surface area contributed by atoms with Crippen molar-refractivity contribution in [1.29, 1.82) is 0 Å². The van der Waals surface area contributed by atoms with Crippen LogP contribution in [0.3, 0.4) is 0 Å². The highest BCUT2D eigenvalue weighted by Gasteiger charge is 2.13. The van der Waals surface area contributed by atoms with Crippen LogP contribution in [0.4, 0.5) is 0 Å². The molecule has 13 heavy (non-hydrogen) atoms. The number of hydrogen-bond donors (Lipinski definition) is 2. The Kier molecular flexibility index (Phi) is 5.83. The van der Waals surface area contributed by atoms with Gasteiger partial charge in [0, 0.05) is 18.4 Å². The van der Waals surface area contributed by atoms with Crippen LogP contribution in [0.15, 0.2) is 0 Å². The van der Waals surface area contributed by atoms with Crippen LogP contribution < -0.4 is 5.32 Å². The maximum atomic E-state index is 8.74. The largest absolute Gasteiger partial charge is 0.396 e. The van der Waals surface area contributed by atoms with E-state index in [0.29, 0.717) is 12.5 Å². The molecule has 2 unspecified atom stereocenters. The van der Waals surface area contributed by atoms with Crippen LogP contribution in [-0.4, -0.2) is 35.8 Å². The average Bonchev–Trinajstić information content (AvgIpc) is 2.17. The summed E-state index contributed by atoms with van der Waals surface area (Å²) in [6.45, 7) is 3.58. The molecule has 0 amide bonds. The molecule has 3 heteroatoms. The lowest BCUT2D eigenvalue weighted by atomic mass is 10.1. The number of aliphatic hydroxyl groups is 1. The zero-order chi connectivity index (χ0) is 9.52. The van der Waals surface area contributed by atoms with E-state index >= 15 is 0 Å². The Labute approximate surface area is 85.5 Å². The molecule has 78 valence electrons. The SMILES string of the molecule is CC(CCO)CNC1CCCSC1. The lowest BCUT2D eigenvalue weighted by Crippen LogP contribution is -2.36. The molecule has 1 aliphatic heterocycles. The molecule has 0 aromatic heterocycles. The Balaban J connectivity index is 2.03. The molecule has 0 saturated carbocycles. The Morgan fingerprint density at radius 2 is 2.46 bits per heavy atom. The molecule has 1 rings (SSSR count). The zero-order valence-electron chi connectivity index (χ0n) is 8.46. The maximum absolute atomic E-state index is 8.74. The molecule has 0 aliphatic carbocycles. The maximum Gasteiger partial charge on any atom is 0.0434 e. The molecule has 2 nitrogen and oxygen atoms in total. The summed E-state index contributed by atoms with van der Waals surface area (Å²) in [7, 11) is 0. The van der Waals surface area contributed by atoms with Gasteiger partial charge in [-0.05, 0) is 37.5 Å². The van der Waals surface area contributed by atoms with Crippen molar-refractivity contribution in [3.05, 3.63) is 0 Å². The van der Waals surface area contributed by atoms with Crippen molar-refractivity contribution >= 4 is 11.8 Å². The summed E-state index contributed by atoms with van der Waals surface area (Å²) >= 11 is 2.06. The molecular formula is C10H21NOS. The molecule has 1 saturated heterocycles. The summed E-state index contributed by atoms with van der Waals surface area (Å²) in [6, 6.07) is 0.722. The summed E-state index contributed by atoms with van der Waals surface area (Å²) in [5, 5.41) is 12.3. The minimum Gasteiger partial charge on any atom is -0.396 e. The molecule has 0 aromatic rings. The van der Waals surface area contributed by atoms with E-state index in [9.17, 15) is 0 Å². The van der Waals surface area contributed by atoms with Crippen molar-refractivity contribution in [2.45, 2.75) is 32.2 Å². The van der Waals surface area contributed by atoms with E-state index in [1.807, 2.05) is 0 Å². The van der Waals surface area contributed by atoms with Gasteiger partial charge in [0.2, 0.25) is 0 Å². The molecule has 2 N–H and O–H groups in total. The fourth-order valence-electron chi connectivity index (χ4n) is 1.59. The highest BCUT2D eigenvalue weighted by atomic mass is 32.2. The second-order valence-electron chi connectivity index (χ2n) is 3.94. The van der Waals surface area contributed by atoms with Crippen LogP contribution in [0.2, 0.25) is 0 Å². The minimum absolute atomic E-state index is 0.322. The Morgan fingerprint density at radius 1 is 1.62 bits per heavy atom. The summed E-state index contributed by atoms with van der Waals surface area (Å²) in [5.74, 6) is 3.22. The van der Waals surface area contributed by atoms with Crippen molar-refractivity contribution in [1.82, 2.24) is 5.32 Å². The lowest BCUT2D eigenvalue weighted by molar-refractivity contribution is 0.257. The number of thioether (sulfide) groups is 1. The van der Waals surface area contributed by atoms with Crippen molar-refractivity contribution in [2.75, 3.05) is 24.7 Å². The molecule has 1 heterocycles. The predicted octanol–water partition coefficient (Wildman–Crippen LogP) is 1.49. The van der Waals surface area contributed by atoms with Crippen LogP contribution in [0.5, 0.6) is 0 Å². The first-order valence-electron chi connectivity index (χ1n) is 5.25. The van der Waals surface area contributed by atoms with Crippen LogP contribution in [0.25, 0.3) is 0 Å². The summed E-state index contributed by atoms with van der Waals surface area (Å²) in [5.41, 5.74) is 0. The predicted molar refractivity (Wildman–Crippen MR) is 59.2 cm³/mol. The van der Waals surface area contributed by atoms with Gasteiger partial charge in [-0.1, -0.05) is 6.92 Å². The van der Waals surface area contributed by atoms with Crippen LogP contribution in [0.1, 0.15) is 26.2 Å². The van der Waals surface area contributed by atoms with Crippen LogP contribution >= 0.6 is 11.8 Å². The topological polar surface area (TPSA) is 32.3 Å². The molecule has 0 aromatic carbocycles. The molecule has 2 atom stereocenters. The molecule has 0 radical (unpaired) electrons. The monoisotopic (exact) mass is 203 g/mol. The average molecular weight is 203 g/mol. The van der Waals surface area contributed by atoms with E-state index in [2.05, 4.69) is 24.0 Å². The third-order valence-electron chi connectivity index (χ3n) is 2.54. The van der Waals surface area contributed by atoms with E-state index in [1.54, 1.807) is 0 Å². The van der Waals surface area contributed by atoms with Gasteiger partial charge in [-0.25, -0.2) is 0 Å². The first-order valence-corrected chi connectivity index (χ1v) is 6.40. The van der Waals surface area contributed by atoms with Gasteiger partial charge in [-0.2, -0.15) is 11.8 Å². The number of aliphatic hydroxyl groups excluding tert-OH is 1. The van der Waals surface area contributed by atoms with Gasteiger partial charge in [-0.15, -0.1) is 0 Å². The highest BCUT2D eigenvalue weighted by molar-refractivity contribution is 7.99. The van der Waals surface area contributed by atoms with Crippen molar-refractivity contribution < 1.29 is 5.11 Å². The van der Waals surface area contributed by atoms with Crippen molar-refractivity contribution in [3.63, 3.8) is 0 Å². The smallest absolute Gasteiger partial charge is 0.0434 e. The fourth-order valence-corrected chi connectivity index (χ4v) is 2.70. The molecular weight excluding hydrogens is 182 g/mol. The second kappa shape index (κ2) is 6.68. The van der Waals surface area contributed by atoms with Gasteiger partial charge in [0.15, 0.2) is 0 Å². The Morgan fingerprint density at radius 3 is 3.08 bits per heavy atom. The Hall–Kier alpha value is 0.270. The van der Waals surface area contributed by atoms with Crippen molar-refractivity contribution in [2.24, 2.45) is 5.92 Å². The van der Waals surface area contributed by atoms with Crippen molar-refractivity contribution in [3.8, 4) is 0 Å². The summed E-state index contributed by atoms with van der Waals surface area (Å²) < 4.78 is 0. The fraction of sp³-hybridized carbons (Fsp3) is 1.00. The molecule has 1 fully saturated rings. The van der Waals surface area contributed by atoms with Gasteiger partial charge in [0.1, 0.15) is 0 Å². The van der Waals surface area contributed by atoms with Crippen LogP contribution in [-0.2, 0) is 0 Å². The first kappa shape index (κ1) is 11.3. The molecule has 0 bridgehead atoms. The van der Waals surface area contributed by atoms with E-state index in [1.165, 1.54) is 24.3 Å². The second-order valence-corrected chi connectivity index (χ2v) is 5.09. The number of hydrogen-bond acceptors (Lipinski definition) is 3. The van der Waals surface area contributed by atoms with E-state index < -0.39 is 0 Å².